The van der Waals surface area contributed by atoms with Gasteiger partial charge in [-0.05, 0) is 19.8 Å². The highest BCUT2D eigenvalue weighted by Crippen LogP contribution is 2.01. The third-order valence-electron chi connectivity index (χ3n) is 1.43. The zero-order valence-corrected chi connectivity index (χ0v) is 9.90. The first-order valence-electron chi connectivity index (χ1n) is 4.45. The molecule has 0 unspecified atom stereocenters. The van der Waals surface area contributed by atoms with Crippen molar-refractivity contribution >= 4 is 10.2 Å². The Bertz CT molecular complexity index is 312. The molecule has 0 aliphatic heterocycles. The standard InChI is InChI=1S/C9H18N2O2S/c1-6-9(4,5)11-14(12,13)10-7-8(2)3/h1,8,10-11H,7H2,2-5H3. The molecule has 0 saturated carbocycles. The van der Waals surface area contributed by atoms with Gasteiger partial charge in [-0.25, -0.2) is 4.72 Å². The van der Waals surface area contributed by atoms with Crippen molar-refractivity contribution in [3.05, 3.63) is 0 Å². The Morgan fingerprint density at radius 1 is 1.43 bits per heavy atom. The van der Waals surface area contributed by atoms with Crippen molar-refractivity contribution in [2.24, 2.45) is 5.92 Å². The van der Waals surface area contributed by atoms with Crippen LogP contribution in [0.5, 0.6) is 0 Å². The first-order chi connectivity index (χ1) is 6.18. The fourth-order valence-electron chi connectivity index (χ4n) is 0.678. The number of hydrogen-bond acceptors (Lipinski definition) is 2. The molecule has 82 valence electrons. The zero-order chi connectivity index (χ0) is 11.4. The Balaban J connectivity index is 4.31. The lowest BCUT2D eigenvalue weighted by molar-refractivity contribution is 0.515. The van der Waals surface area contributed by atoms with E-state index in [1.807, 2.05) is 13.8 Å². The van der Waals surface area contributed by atoms with Crippen molar-refractivity contribution in [3.8, 4) is 12.3 Å². The lowest BCUT2D eigenvalue weighted by Crippen LogP contribution is -2.48. The predicted molar refractivity (Wildman–Crippen MR) is 57.8 cm³/mol. The third kappa shape index (κ3) is 5.97. The molecule has 5 heteroatoms. The Morgan fingerprint density at radius 3 is 2.29 bits per heavy atom. The second-order valence-corrected chi connectivity index (χ2v) is 5.62. The molecule has 0 bridgehead atoms. The summed E-state index contributed by atoms with van der Waals surface area (Å²) in [6.45, 7) is 7.50. The molecule has 0 aromatic carbocycles. The van der Waals surface area contributed by atoms with Crippen LogP contribution in [-0.4, -0.2) is 20.5 Å². The van der Waals surface area contributed by atoms with Gasteiger partial charge in [0.15, 0.2) is 0 Å². The van der Waals surface area contributed by atoms with Gasteiger partial charge >= 0.3 is 0 Å². The minimum absolute atomic E-state index is 0.264. The largest absolute Gasteiger partial charge is 0.278 e. The van der Waals surface area contributed by atoms with E-state index in [0.29, 0.717) is 6.54 Å². The maximum Gasteiger partial charge on any atom is 0.278 e. The van der Waals surface area contributed by atoms with Gasteiger partial charge in [-0.3, -0.25) is 0 Å². The third-order valence-corrected chi connectivity index (χ3v) is 2.76. The van der Waals surface area contributed by atoms with Gasteiger partial charge in [0.1, 0.15) is 0 Å². The normalized spacial score (nSPS) is 12.9. The van der Waals surface area contributed by atoms with E-state index in [1.165, 1.54) is 0 Å². The molecule has 14 heavy (non-hydrogen) atoms. The average molecular weight is 218 g/mol. The molecule has 0 aromatic heterocycles. The van der Waals surface area contributed by atoms with Crippen LogP contribution >= 0.6 is 0 Å². The fourth-order valence-corrected chi connectivity index (χ4v) is 2.03. The van der Waals surface area contributed by atoms with Crippen LogP contribution in [0.15, 0.2) is 0 Å². The van der Waals surface area contributed by atoms with Crippen molar-refractivity contribution in [1.82, 2.24) is 9.44 Å². The second-order valence-electron chi connectivity index (χ2n) is 4.12. The second kappa shape index (κ2) is 4.78. The molecule has 0 amide bonds. The first-order valence-corrected chi connectivity index (χ1v) is 5.93. The average Bonchev–Trinajstić information content (AvgIpc) is 1.99. The van der Waals surface area contributed by atoms with Crippen molar-refractivity contribution in [1.29, 1.82) is 0 Å². The molecule has 0 aromatic rings. The minimum Gasteiger partial charge on any atom is -0.202 e. The van der Waals surface area contributed by atoms with E-state index in [4.69, 9.17) is 6.42 Å². The molecule has 0 heterocycles. The highest BCUT2D eigenvalue weighted by atomic mass is 32.2. The SMILES string of the molecule is C#CC(C)(C)NS(=O)(=O)NCC(C)C. The summed E-state index contributed by atoms with van der Waals surface area (Å²) >= 11 is 0. The van der Waals surface area contributed by atoms with E-state index >= 15 is 0 Å². The van der Waals surface area contributed by atoms with Gasteiger partial charge in [0.25, 0.3) is 10.2 Å². The molecule has 0 aliphatic carbocycles. The predicted octanol–water partition coefficient (Wildman–Crippen LogP) is 0.478. The summed E-state index contributed by atoms with van der Waals surface area (Å²) < 4.78 is 27.6. The van der Waals surface area contributed by atoms with E-state index in [1.54, 1.807) is 13.8 Å². The van der Waals surface area contributed by atoms with Crippen LogP contribution in [0.25, 0.3) is 0 Å². The highest BCUT2D eigenvalue weighted by molar-refractivity contribution is 7.87. The summed E-state index contributed by atoms with van der Waals surface area (Å²) in [7, 11) is -3.49. The Kier molecular flexibility index (Phi) is 4.59. The molecular formula is C9H18N2O2S. The van der Waals surface area contributed by atoms with Gasteiger partial charge in [-0.1, -0.05) is 19.8 Å². The van der Waals surface area contributed by atoms with Crippen LogP contribution in [0.2, 0.25) is 0 Å². The maximum absolute atomic E-state index is 11.4. The minimum atomic E-state index is -3.49. The number of terminal acetylenes is 1. The molecule has 0 fully saturated rings. The van der Waals surface area contributed by atoms with Gasteiger partial charge in [0.2, 0.25) is 0 Å². The maximum atomic E-state index is 11.4. The Hall–Kier alpha value is -0.570. The van der Waals surface area contributed by atoms with E-state index < -0.39 is 15.7 Å². The lowest BCUT2D eigenvalue weighted by atomic mass is 10.1. The Morgan fingerprint density at radius 2 is 1.93 bits per heavy atom. The number of rotatable bonds is 5. The summed E-state index contributed by atoms with van der Waals surface area (Å²) in [5, 5.41) is 0. The van der Waals surface area contributed by atoms with Crippen LogP contribution in [0.3, 0.4) is 0 Å². The van der Waals surface area contributed by atoms with E-state index in [2.05, 4.69) is 15.4 Å². The summed E-state index contributed by atoms with van der Waals surface area (Å²) in [6, 6.07) is 0. The fraction of sp³-hybridized carbons (Fsp3) is 0.778. The van der Waals surface area contributed by atoms with E-state index in [9.17, 15) is 8.42 Å². The summed E-state index contributed by atoms with van der Waals surface area (Å²) in [5.74, 6) is 2.62. The first kappa shape index (κ1) is 13.4. The summed E-state index contributed by atoms with van der Waals surface area (Å²) in [6.07, 6.45) is 5.16. The van der Waals surface area contributed by atoms with Gasteiger partial charge in [-0.15, -0.1) is 6.42 Å². The highest BCUT2D eigenvalue weighted by Gasteiger charge is 2.21. The quantitative estimate of drug-likeness (QED) is 0.659. The molecule has 0 rings (SSSR count). The Labute approximate surface area is 86.7 Å². The molecular weight excluding hydrogens is 200 g/mol. The van der Waals surface area contributed by atoms with Crippen LogP contribution in [0, 0.1) is 18.3 Å². The lowest BCUT2D eigenvalue weighted by Gasteiger charge is -2.20. The van der Waals surface area contributed by atoms with Crippen LogP contribution in [-0.2, 0) is 10.2 Å². The van der Waals surface area contributed by atoms with Crippen molar-refractivity contribution in [2.75, 3.05) is 6.54 Å². The van der Waals surface area contributed by atoms with Crippen LogP contribution in [0.1, 0.15) is 27.7 Å². The van der Waals surface area contributed by atoms with Gasteiger partial charge in [0, 0.05) is 6.54 Å². The van der Waals surface area contributed by atoms with Gasteiger partial charge in [-0.2, -0.15) is 13.1 Å². The van der Waals surface area contributed by atoms with Gasteiger partial charge in [0.05, 0.1) is 5.54 Å². The van der Waals surface area contributed by atoms with Crippen molar-refractivity contribution in [3.63, 3.8) is 0 Å². The number of hydrogen-bond donors (Lipinski definition) is 2. The molecule has 4 nitrogen and oxygen atoms in total. The molecule has 2 N–H and O–H groups in total. The zero-order valence-electron chi connectivity index (χ0n) is 9.09. The van der Waals surface area contributed by atoms with Crippen molar-refractivity contribution < 1.29 is 8.42 Å². The topological polar surface area (TPSA) is 58.2 Å². The van der Waals surface area contributed by atoms with Gasteiger partial charge < -0.3 is 0 Å². The molecule has 0 aliphatic rings. The smallest absolute Gasteiger partial charge is 0.202 e. The van der Waals surface area contributed by atoms with Crippen LogP contribution < -0.4 is 9.44 Å². The van der Waals surface area contributed by atoms with Crippen molar-refractivity contribution in [2.45, 2.75) is 33.2 Å². The number of nitrogens with one attached hydrogen (secondary N) is 2. The molecule has 0 spiro atoms. The van der Waals surface area contributed by atoms with E-state index in [0.717, 1.165) is 0 Å². The summed E-state index contributed by atoms with van der Waals surface area (Å²) in [4.78, 5) is 0. The molecule has 0 radical (unpaired) electrons. The van der Waals surface area contributed by atoms with Crippen LogP contribution in [0.4, 0.5) is 0 Å². The summed E-state index contributed by atoms with van der Waals surface area (Å²) in [5.41, 5.74) is -0.858. The van der Waals surface area contributed by atoms with E-state index in [-0.39, 0.29) is 5.92 Å². The monoisotopic (exact) mass is 218 g/mol. The molecule has 0 atom stereocenters. The molecule has 0 saturated heterocycles.